The Morgan fingerprint density at radius 2 is 1.82 bits per heavy atom. The SMILES string of the molecule is O=C(/C=C/c1ccncc1)c1cc[n+]([O-])cc1. The monoisotopic (exact) mass is 226 g/mol. The Labute approximate surface area is 98.5 Å². The third-order valence-corrected chi connectivity index (χ3v) is 2.22. The molecule has 0 fully saturated rings. The van der Waals surface area contributed by atoms with Crippen molar-refractivity contribution in [3.8, 4) is 0 Å². The molecule has 0 amide bonds. The molecule has 2 heterocycles. The Morgan fingerprint density at radius 3 is 2.47 bits per heavy atom. The van der Waals surface area contributed by atoms with Gasteiger partial charge in [-0.25, -0.2) is 0 Å². The fourth-order valence-corrected chi connectivity index (χ4v) is 1.32. The number of allylic oxidation sites excluding steroid dienone is 1. The highest BCUT2D eigenvalue weighted by Gasteiger charge is 2.02. The summed E-state index contributed by atoms with van der Waals surface area (Å²) in [6, 6.07) is 6.60. The quantitative estimate of drug-likeness (QED) is 0.346. The predicted molar refractivity (Wildman–Crippen MR) is 63.0 cm³/mol. The summed E-state index contributed by atoms with van der Waals surface area (Å²) in [5.74, 6) is -0.137. The Hall–Kier alpha value is -2.49. The smallest absolute Gasteiger partial charge is 0.186 e. The van der Waals surface area contributed by atoms with Crippen LogP contribution in [0.15, 0.2) is 55.1 Å². The van der Waals surface area contributed by atoms with Crippen molar-refractivity contribution in [2.24, 2.45) is 0 Å². The van der Waals surface area contributed by atoms with Gasteiger partial charge in [-0.05, 0) is 23.8 Å². The highest BCUT2D eigenvalue weighted by atomic mass is 16.5. The highest BCUT2D eigenvalue weighted by Crippen LogP contribution is 2.03. The molecule has 0 atom stereocenters. The summed E-state index contributed by atoms with van der Waals surface area (Å²) < 4.78 is 0.642. The largest absolute Gasteiger partial charge is 0.619 e. The number of carbonyl (C=O) groups is 1. The van der Waals surface area contributed by atoms with Crippen molar-refractivity contribution < 1.29 is 9.52 Å². The van der Waals surface area contributed by atoms with Gasteiger partial charge in [0.1, 0.15) is 0 Å². The number of hydrogen-bond acceptors (Lipinski definition) is 3. The summed E-state index contributed by atoms with van der Waals surface area (Å²) >= 11 is 0. The zero-order valence-electron chi connectivity index (χ0n) is 8.98. The molecule has 0 aliphatic rings. The average Bonchev–Trinajstić information content (AvgIpc) is 2.38. The van der Waals surface area contributed by atoms with Gasteiger partial charge in [-0.3, -0.25) is 9.78 Å². The Morgan fingerprint density at radius 1 is 1.18 bits per heavy atom. The van der Waals surface area contributed by atoms with E-state index in [1.165, 1.54) is 30.6 Å². The number of pyridine rings is 2. The van der Waals surface area contributed by atoms with Crippen molar-refractivity contribution in [2.75, 3.05) is 0 Å². The van der Waals surface area contributed by atoms with Crippen LogP contribution in [0.5, 0.6) is 0 Å². The summed E-state index contributed by atoms with van der Waals surface area (Å²) in [6.07, 6.45) is 9.10. The van der Waals surface area contributed by atoms with Crippen LogP contribution in [0.1, 0.15) is 15.9 Å². The first kappa shape index (κ1) is 11.0. The van der Waals surface area contributed by atoms with Crippen LogP contribution >= 0.6 is 0 Å². The number of rotatable bonds is 3. The zero-order valence-corrected chi connectivity index (χ0v) is 8.98. The Bertz CT molecular complexity index is 533. The zero-order chi connectivity index (χ0) is 12.1. The van der Waals surface area contributed by atoms with Crippen LogP contribution in [0.4, 0.5) is 0 Å². The molecular weight excluding hydrogens is 216 g/mol. The van der Waals surface area contributed by atoms with Crippen LogP contribution in [0.25, 0.3) is 6.08 Å². The van der Waals surface area contributed by atoms with E-state index >= 15 is 0 Å². The standard InChI is InChI=1S/C13H10N2O2/c16-13(12-5-9-15(17)10-6-12)2-1-11-3-7-14-8-4-11/h1-10H/b2-1+. The molecule has 2 rings (SSSR count). The highest BCUT2D eigenvalue weighted by molar-refractivity contribution is 6.06. The van der Waals surface area contributed by atoms with E-state index in [4.69, 9.17) is 0 Å². The van der Waals surface area contributed by atoms with Gasteiger partial charge in [0.25, 0.3) is 0 Å². The first-order valence-corrected chi connectivity index (χ1v) is 5.07. The van der Waals surface area contributed by atoms with Crippen molar-refractivity contribution in [3.05, 3.63) is 71.5 Å². The number of hydrogen-bond donors (Lipinski definition) is 0. The molecule has 0 saturated carbocycles. The predicted octanol–water partition coefficient (Wildman–Crippen LogP) is 1.61. The molecule has 17 heavy (non-hydrogen) atoms. The maximum absolute atomic E-state index is 11.7. The van der Waals surface area contributed by atoms with Gasteiger partial charge in [-0.2, -0.15) is 4.73 Å². The molecule has 4 nitrogen and oxygen atoms in total. The van der Waals surface area contributed by atoms with Crippen molar-refractivity contribution in [1.82, 2.24) is 4.98 Å². The maximum atomic E-state index is 11.7. The number of nitrogens with zero attached hydrogens (tertiary/aromatic N) is 2. The van der Waals surface area contributed by atoms with Gasteiger partial charge >= 0.3 is 0 Å². The van der Waals surface area contributed by atoms with Gasteiger partial charge in [0.2, 0.25) is 0 Å². The van der Waals surface area contributed by atoms with Crippen LogP contribution in [0, 0.1) is 5.21 Å². The fourth-order valence-electron chi connectivity index (χ4n) is 1.32. The van der Waals surface area contributed by atoms with E-state index in [0.717, 1.165) is 5.56 Å². The van der Waals surface area contributed by atoms with E-state index in [9.17, 15) is 10.0 Å². The van der Waals surface area contributed by atoms with E-state index in [0.29, 0.717) is 10.3 Å². The minimum absolute atomic E-state index is 0.137. The van der Waals surface area contributed by atoms with E-state index in [2.05, 4.69) is 4.98 Å². The molecule has 2 aromatic heterocycles. The van der Waals surface area contributed by atoms with Gasteiger partial charge in [-0.15, -0.1) is 0 Å². The second-order valence-corrected chi connectivity index (χ2v) is 3.42. The molecule has 0 aliphatic heterocycles. The average molecular weight is 226 g/mol. The van der Waals surface area contributed by atoms with Gasteiger partial charge in [0, 0.05) is 30.1 Å². The molecule has 0 aromatic carbocycles. The molecule has 0 bridgehead atoms. The molecule has 0 radical (unpaired) electrons. The van der Waals surface area contributed by atoms with Crippen LogP contribution < -0.4 is 4.73 Å². The first-order chi connectivity index (χ1) is 8.25. The van der Waals surface area contributed by atoms with Crippen LogP contribution in [0.3, 0.4) is 0 Å². The number of carbonyl (C=O) groups excluding carboxylic acids is 1. The summed E-state index contributed by atoms with van der Waals surface area (Å²) in [6.45, 7) is 0. The van der Waals surface area contributed by atoms with Crippen LogP contribution in [-0.4, -0.2) is 10.8 Å². The van der Waals surface area contributed by atoms with Crippen LogP contribution in [0.2, 0.25) is 0 Å². The van der Waals surface area contributed by atoms with E-state index in [1.807, 2.05) is 0 Å². The molecular formula is C13H10N2O2. The van der Waals surface area contributed by atoms with Gasteiger partial charge in [0.15, 0.2) is 18.2 Å². The minimum atomic E-state index is -0.137. The number of ketones is 1. The lowest BCUT2D eigenvalue weighted by Gasteiger charge is -1.96. The van der Waals surface area contributed by atoms with Crippen molar-refractivity contribution in [1.29, 1.82) is 0 Å². The molecule has 0 saturated heterocycles. The van der Waals surface area contributed by atoms with E-state index in [1.54, 1.807) is 30.6 Å². The lowest BCUT2D eigenvalue weighted by Crippen LogP contribution is -2.24. The molecule has 0 aliphatic carbocycles. The first-order valence-electron chi connectivity index (χ1n) is 5.07. The minimum Gasteiger partial charge on any atom is -0.619 e. The summed E-state index contributed by atoms with van der Waals surface area (Å²) in [5.41, 5.74) is 1.39. The molecule has 0 N–H and O–H groups in total. The Kier molecular flexibility index (Phi) is 3.25. The lowest BCUT2D eigenvalue weighted by atomic mass is 10.1. The molecule has 2 aromatic rings. The Balaban J connectivity index is 2.12. The van der Waals surface area contributed by atoms with E-state index < -0.39 is 0 Å². The second-order valence-electron chi connectivity index (χ2n) is 3.42. The summed E-state index contributed by atoms with van der Waals surface area (Å²) in [4.78, 5) is 15.6. The summed E-state index contributed by atoms with van der Waals surface area (Å²) in [7, 11) is 0. The van der Waals surface area contributed by atoms with Crippen molar-refractivity contribution in [3.63, 3.8) is 0 Å². The van der Waals surface area contributed by atoms with Crippen LogP contribution in [-0.2, 0) is 0 Å². The molecule has 0 unspecified atom stereocenters. The van der Waals surface area contributed by atoms with E-state index in [-0.39, 0.29) is 5.78 Å². The topological polar surface area (TPSA) is 56.9 Å². The van der Waals surface area contributed by atoms with Gasteiger partial charge in [0.05, 0.1) is 0 Å². The lowest BCUT2D eigenvalue weighted by molar-refractivity contribution is -0.605. The second kappa shape index (κ2) is 5.03. The van der Waals surface area contributed by atoms with Gasteiger partial charge in [-0.1, -0.05) is 6.08 Å². The maximum Gasteiger partial charge on any atom is 0.186 e. The third kappa shape index (κ3) is 2.98. The van der Waals surface area contributed by atoms with Gasteiger partial charge < -0.3 is 5.21 Å². The van der Waals surface area contributed by atoms with Crippen molar-refractivity contribution in [2.45, 2.75) is 0 Å². The molecule has 0 spiro atoms. The molecule has 4 heteroatoms. The normalized spacial score (nSPS) is 10.6. The third-order valence-electron chi connectivity index (χ3n) is 2.22. The summed E-state index contributed by atoms with van der Waals surface area (Å²) in [5, 5.41) is 10.8. The molecule has 84 valence electrons. The van der Waals surface area contributed by atoms with Crippen molar-refractivity contribution >= 4 is 11.9 Å². The number of aromatic nitrogens is 2. The fraction of sp³-hybridized carbons (Fsp3) is 0.